The van der Waals surface area contributed by atoms with Gasteiger partial charge in [0, 0.05) is 12.1 Å². The molecule has 0 fully saturated rings. The third-order valence-corrected chi connectivity index (χ3v) is 1.45. The maximum Gasteiger partial charge on any atom is 0.0631 e. The first kappa shape index (κ1) is 7.38. The van der Waals surface area contributed by atoms with E-state index in [9.17, 15) is 0 Å². The first-order valence-electron chi connectivity index (χ1n) is 2.88. The Morgan fingerprint density at radius 3 is 2.20 bits per heavy atom. The largest absolute Gasteiger partial charge is 0.289 e. The lowest BCUT2D eigenvalue weighted by Crippen LogP contribution is -2.08. The van der Waals surface area contributed by atoms with Gasteiger partial charge in [0.15, 0.2) is 0 Å². The summed E-state index contributed by atoms with van der Waals surface area (Å²) in [6, 6.07) is 6.93. The van der Waals surface area contributed by atoms with Gasteiger partial charge in [-0.2, -0.15) is 0 Å². The van der Waals surface area contributed by atoms with Crippen molar-refractivity contribution in [2.24, 2.45) is 0 Å². The normalized spacial score (nSPS) is 9.50. The summed E-state index contributed by atoms with van der Waals surface area (Å²) < 4.78 is 0. The molecule has 0 aliphatic carbocycles. The van der Waals surface area contributed by atoms with Crippen LogP contribution in [0.4, 0.5) is 5.69 Å². The quantitative estimate of drug-likeness (QED) is 0.632. The third-order valence-electron chi connectivity index (χ3n) is 1.20. The standard InChI is InChI=1S/C7H8ClNO/c1-9(10)7-4-2-6(8)3-5-7/h2-5,10H,1H3. The summed E-state index contributed by atoms with van der Waals surface area (Å²) in [5, 5.41) is 10.6. The summed E-state index contributed by atoms with van der Waals surface area (Å²) >= 11 is 5.62. The zero-order valence-corrected chi connectivity index (χ0v) is 6.34. The van der Waals surface area contributed by atoms with Crippen molar-refractivity contribution >= 4 is 17.3 Å². The highest BCUT2D eigenvalue weighted by atomic mass is 35.5. The predicted molar refractivity (Wildman–Crippen MR) is 41.6 cm³/mol. The summed E-state index contributed by atoms with van der Waals surface area (Å²) in [6.07, 6.45) is 0. The fraction of sp³-hybridized carbons (Fsp3) is 0.143. The van der Waals surface area contributed by atoms with E-state index in [1.165, 1.54) is 0 Å². The smallest absolute Gasteiger partial charge is 0.0631 e. The molecule has 0 unspecified atom stereocenters. The summed E-state index contributed by atoms with van der Waals surface area (Å²) in [4.78, 5) is 0. The highest BCUT2D eigenvalue weighted by Gasteiger charge is 1.93. The average Bonchev–Trinajstić information content (AvgIpc) is 1.88. The van der Waals surface area contributed by atoms with Crippen molar-refractivity contribution in [2.45, 2.75) is 0 Å². The molecule has 0 amide bonds. The van der Waals surface area contributed by atoms with E-state index in [-0.39, 0.29) is 0 Å². The maximum absolute atomic E-state index is 8.90. The van der Waals surface area contributed by atoms with Crippen LogP contribution in [0.25, 0.3) is 0 Å². The molecule has 0 heterocycles. The number of rotatable bonds is 1. The van der Waals surface area contributed by atoms with Crippen LogP contribution in [0.15, 0.2) is 24.3 Å². The minimum Gasteiger partial charge on any atom is -0.289 e. The van der Waals surface area contributed by atoms with E-state index in [0.717, 1.165) is 10.8 Å². The minimum atomic E-state index is 0.672. The predicted octanol–water partition coefficient (Wildman–Crippen LogP) is 2.17. The van der Waals surface area contributed by atoms with Gasteiger partial charge < -0.3 is 0 Å². The van der Waals surface area contributed by atoms with Crippen LogP contribution in [0.2, 0.25) is 5.02 Å². The number of anilines is 1. The molecule has 0 aliphatic rings. The van der Waals surface area contributed by atoms with Gasteiger partial charge in [0.1, 0.15) is 0 Å². The second-order valence-electron chi connectivity index (χ2n) is 2.00. The molecule has 1 aromatic rings. The van der Waals surface area contributed by atoms with Crippen molar-refractivity contribution in [2.75, 3.05) is 12.1 Å². The highest BCUT2D eigenvalue weighted by Crippen LogP contribution is 2.14. The molecule has 0 radical (unpaired) electrons. The molecular formula is C7H8ClNO. The van der Waals surface area contributed by atoms with E-state index in [1.807, 2.05) is 0 Å². The molecule has 1 N–H and O–H groups in total. The van der Waals surface area contributed by atoms with Gasteiger partial charge in [0.05, 0.1) is 5.69 Å². The van der Waals surface area contributed by atoms with Gasteiger partial charge >= 0.3 is 0 Å². The molecule has 2 nitrogen and oxygen atoms in total. The van der Waals surface area contributed by atoms with E-state index >= 15 is 0 Å². The SMILES string of the molecule is CN(O)c1ccc(Cl)cc1. The van der Waals surface area contributed by atoms with Gasteiger partial charge in [-0.15, -0.1) is 0 Å². The van der Waals surface area contributed by atoms with Crippen LogP contribution in [-0.4, -0.2) is 12.3 Å². The molecule has 0 saturated carbocycles. The Balaban J connectivity index is 2.89. The Kier molecular flexibility index (Phi) is 2.14. The molecule has 0 bridgehead atoms. The lowest BCUT2D eigenvalue weighted by atomic mass is 10.3. The van der Waals surface area contributed by atoms with Crippen LogP contribution in [0, 0.1) is 0 Å². The molecule has 54 valence electrons. The van der Waals surface area contributed by atoms with E-state index < -0.39 is 0 Å². The van der Waals surface area contributed by atoms with Crippen molar-refractivity contribution in [1.29, 1.82) is 0 Å². The fourth-order valence-corrected chi connectivity index (χ4v) is 0.783. The Bertz CT molecular complexity index is 207. The molecule has 0 spiro atoms. The van der Waals surface area contributed by atoms with Crippen LogP contribution in [0.3, 0.4) is 0 Å². The Morgan fingerprint density at radius 2 is 1.80 bits per heavy atom. The van der Waals surface area contributed by atoms with Crippen molar-refractivity contribution in [3.8, 4) is 0 Å². The number of halogens is 1. The van der Waals surface area contributed by atoms with Gasteiger partial charge in [-0.1, -0.05) is 11.6 Å². The number of hydrogen-bond donors (Lipinski definition) is 1. The average molecular weight is 158 g/mol. The van der Waals surface area contributed by atoms with Crippen molar-refractivity contribution in [3.05, 3.63) is 29.3 Å². The highest BCUT2D eigenvalue weighted by molar-refractivity contribution is 6.30. The maximum atomic E-state index is 8.90. The number of nitrogens with zero attached hydrogens (tertiary/aromatic N) is 1. The van der Waals surface area contributed by atoms with Crippen molar-refractivity contribution < 1.29 is 5.21 Å². The number of benzene rings is 1. The molecule has 3 heteroatoms. The van der Waals surface area contributed by atoms with Gasteiger partial charge in [0.2, 0.25) is 0 Å². The summed E-state index contributed by atoms with van der Waals surface area (Å²) in [6.45, 7) is 0. The second kappa shape index (κ2) is 2.90. The van der Waals surface area contributed by atoms with Crippen LogP contribution in [0.1, 0.15) is 0 Å². The summed E-state index contributed by atoms with van der Waals surface area (Å²) in [5.41, 5.74) is 0.726. The first-order valence-corrected chi connectivity index (χ1v) is 3.26. The zero-order chi connectivity index (χ0) is 7.56. The Hall–Kier alpha value is -0.730. The number of hydrogen-bond acceptors (Lipinski definition) is 2. The van der Waals surface area contributed by atoms with Crippen LogP contribution in [-0.2, 0) is 0 Å². The topological polar surface area (TPSA) is 23.5 Å². The molecule has 0 saturated heterocycles. The summed E-state index contributed by atoms with van der Waals surface area (Å²) in [5.74, 6) is 0. The van der Waals surface area contributed by atoms with Gasteiger partial charge in [-0.25, -0.2) is 0 Å². The monoisotopic (exact) mass is 157 g/mol. The lowest BCUT2D eigenvalue weighted by molar-refractivity contribution is 0.279. The zero-order valence-electron chi connectivity index (χ0n) is 5.58. The lowest BCUT2D eigenvalue weighted by Gasteiger charge is -2.08. The third kappa shape index (κ3) is 1.62. The van der Waals surface area contributed by atoms with E-state index in [0.29, 0.717) is 5.02 Å². The van der Waals surface area contributed by atoms with Gasteiger partial charge in [-0.3, -0.25) is 10.3 Å². The molecular weight excluding hydrogens is 150 g/mol. The minimum absolute atomic E-state index is 0.672. The summed E-state index contributed by atoms with van der Waals surface area (Å²) in [7, 11) is 1.56. The molecule has 1 rings (SSSR count). The van der Waals surface area contributed by atoms with Crippen LogP contribution < -0.4 is 5.06 Å². The molecule has 0 aromatic heterocycles. The van der Waals surface area contributed by atoms with Gasteiger partial charge in [-0.05, 0) is 24.3 Å². The van der Waals surface area contributed by atoms with Crippen molar-refractivity contribution in [3.63, 3.8) is 0 Å². The molecule has 0 atom stereocenters. The van der Waals surface area contributed by atoms with Crippen LogP contribution >= 0.6 is 11.6 Å². The van der Waals surface area contributed by atoms with Gasteiger partial charge in [0.25, 0.3) is 0 Å². The van der Waals surface area contributed by atoms with E-state index in [1.54, 1.807) is 31.3 Å². The van der Waals surface area contributed by atoms with Crippen LogP contribution in [0.5, 0.6) is 0 Å². The van der Waals surface area contributed by atoms with E-state index in [2.05, 4.69) is 0 Å². The first-order chi connectivity index (χ1) is 4.70. The number of hydroxylamine groups is 1. The van der Waals surface area contributed by atoms with E-state index in [4.69, 9.17) is 16.8 Å². The second-order valence-corrected chi connectivity index (χ2v) is 2.44. The molecule has 10 heavy (non-hydrogen) atoms. The fourth-order valence-electron chi connectivity index (χ4n) is 0.657. The Labute approximate surface area is 64.6 Å². The molecule has 1 aromatic carbocycles. The Morgan fingerprint density at radius 1 is 1.30 bits per heavy atom. The molecule has 0 aliphatic heterocycles. The van der Waals surface area contributed by atoms with Crippen molar-refractivity contribution in [1.82, 2.24) is 0 Å².